The molecule has 0 aliphatic heterocycles. The zero-order chi connectivity index (χ0) is 10.9. The molecule has 80 valence electrons. The van der Waals surface area contributed by atoms with Crippen molar-refractivity contribution < 1.29 is 4.79 Å². The van der Waals surface area contributed by atoms with Crippen LogP contribution in [-0.4, -0.2) is 17.3 Å². The van der Waals surface area contributed by atoms with Crippen LogP contribution in [0, 0.1) is 12.3 Å². The van der Waals surface area contributed by atoms with Crippen molar-refractivity contribution in [1.29, 1.82) is 0 Å². The summed E-state index contributed by atoms with van der Waals surface area (Å²) in [6.07, 6.45) is 6.37. The van der Waals surface area contributed by atoms with Gasteiger partial charge in [-0.25, -0.2) is 0 Å². The lowest BCUT2D eigenvalue weighted by molar-refractivity contribution is 0.0635. The lowest BCUT2D eigenvalue weighted by atomic mass is 9.65. The molecule has 0 aromatic carbocycles. The number of rotatable bonds is 3. The first-order valence-corrected chi connectivity index (χ1v) is 5.34. The van der Waals surface area contributed by atoms with E-state index in [0.29, 0.717) is 12.1 Å². The molecule has 1 aliphatic carbocycles. The minimum Gasteiger partial charge on any atom is -0.329 e. The lowest BCUT2D eigenvalue weighted by Crippen LogP contribution is -2.44. The Morgan fingerprint density at radius 1 is 1.53 bits per heavy atom. The van der Waals surface area contributed by atoms with E-state index in [1.807, 2.05) is 13.0 Å². The smallest absolute Gasteiger partial charge is 0.171 e. The van der Waals surface area contributed by atoms with Crippen LogP contribution < -0.4 is 5.73 Å². The van der Waals surface area contributed by atoms with Gasteiger partial charge in [0.25, 0.3) is 0 Å². The molecule has 1 aromatic rings. The molecule has 0 atom stereocenters. The molecular weight excluding hydrogens is 188 g/mol. The van der Waals surface area contributed by atoms with Gasteiger partial charge in [0.15, 0.2) is 5.78 Å². The van der Waals surface area contributed by atoms with Crippen LogP contribution in [0.2, 0.25) is 0 Å². The second kappa shape index (κ2) is 3.74. The molecular formula is C12H16N2O. The average Bonchev–Trinajstić information content (AvgIpc) is 2.17. The van der Waals surface area contributed by atoms with E-state index in [1.54, 1.807) is 12.4 Å². The summed E-state index contributed by atoms with van der Waals surface area (Å²) in [5.41, 5.74) is 7.15. The van der Waals surface area contributed by atoms with Crippen LogP contribution in [0.3, 0.4) is 0 Å². The molecule has 3 nitrogen and oxygen atoms in total. The Labute approximate surface area is 89.7 Å². The monoisotopic (exact) mass is 204 g/mol. The number of hydrogen-bond donors (Lipinski definition) is 1. The molecule has 0 saturated heterocycles. The van der Waals surface area contributed by atoms with E-state index in [1.165, 1.54) is 0 Å². The van der Waals surface area contributed by atoms with Crippen LogP contribution in [0.1, 0.15) is 35.2 Å². The highest BCUT2D eigenvalue weighted by Crippen LogP contribution is 2.42. The molecule has 1 aromatic heterocycles. The molecule has 0 bridgehead atoms. The van der Waals surface area contributed by atoms with Crippen molar-refractivity contribution >= 4 is 5.78 Å². The fraction of sp³-hybridized carbons (Fsp3) is 0.500. The number of Topliss-reactive ketones (excluding diaryl/α,β-unsaturated/α-hetero) is 1. The highest BCUT2D eigenvalue weighted by Gasteiger charge is 2.43. The van der Waals surface area contributed by atoms with E-state index >= 15 is 0 Å². The lowest BCUT2D eigenvalue weighted by Gasteiger charge is -2.39. The van der Waals surface area contributed by atoms with E-state index in [4.69, 9.17) is 5.73 Å². The van der Waals surface area contributed by atoms with Gasteiger partial charge in [0, 0.05) is 29.9 Å². The normalized spacial score (nSPS) is 18.3. The summed E-state index contributed by atoms with van der Waals surface area (Å²) >= 11 is 0. The number of pyridine rings is 1. The molecule has 1 fully saturated rings. The minimum atomic E-state index is -0.282. The Hall–Kier alpha value is -1.22. The molecule has 15 heavy (non-hydrogen) atoms. The quantitative estimate of drug-likeness (QED) is 0.762. The molecule has 0 unspecified atom stereocenters. The maximum Gasteiger partial charge on any atom is 0.171 e. The summed E-state index contributed by atoms with van der Waals surface area (Å²) in [6, 6.07) is 1.89. The van der Waals surface area contributed by atoms with Gasteiger partial charge >= 0.3 is 0 Å². The maximum absolute atomic E-state index is 12.2. The number of nitrogens with zero attached hydrogens (tertiary/aromatic N) is 1. The molecule has 3 heteroatoms. The first kappa shape index (κ1) is 10.3. The van der Waals surface area contributed by atoms with Crippen LogP contribution in [0.5, 0.6) is 0 Å². The summed E-state index contributed by atoms with van der Waals surface area (Å²) in [7, 11) is 0. The third kappa shape index (κ3) is 1.67. The molecule has 1 saturated carbocycles. The Bertz CT molecular complexity index is 377. The van der Waals surface area contributed by atoms with Crippen LogP contribution in [-0.2, 0) is 0 Å². The third-order valence-corrected chi connectivity index (χ3v) is 3.32. The van der Waals surface area contributed by atoms with Gasteiger partial charge in [-0.15, -0.1) is 0 Å². The van der Waals surface area contributed by atoms with Gasteiger partial charge in [-0.2, -0.15) is 0 Å². The number of aryl methyl sites for hydroxylation is 1. The summed E-state index contributed by atoms with van der Waals surface area (Å²) in [4.78, 5) is 16.3. The second-order valence-corrected chi connectivity index (χ2v) is 4.42. The van der Waals surface area contributed by atoms with Crippen molar-refractivity contribution in [2.75, 3.05) is 6.54 Å². The summed E-state index contributed by atoms with van der Waals surface area (Å²) < 4.78 is 0. The highest BCUT2D eigenvalue weighted by atomic mass is 16.1. The Kier molecular flexibility index (Phi) is 2.57. The van der Waals surface area contributed by atoms with Crippen LogP contribution >= 0.6 is 0 Å². The van der Waals surface area contributed by atoms with Crippen molar-refractivity contribution in [3.63, 3.8) is 0 Å². The first-order chi connectivity index (χ1) is 7.18. The summed E-state index contributed by atoms with van der Waals surface area (Å²) in [5.74, 6) is 0.174. The van der Waals surface area contributed by atoms with Gasteiger partial charge < -0.3 is 5.73 Å². The SMILES string of the molecule is Cc1cncc(C(=O)C2(CN)CCC2)c1. The average molecular weight is 204 g/mol. The standard InChI is InChI=1S/C12H16N2O/c1-9-5-10(7-14-6-9)11(15)12(8-13)3-2-4-12/h5-7H,2-4,8,13H2,1H3. The van der Waals surface area contributed by atoms with E-state index in [0.717, 1.165) is 24.8 Å². The number of ketones is 1. The molecule has 0 amide bonds. The topological polar surface area (TPSA) is 56.0 Å². The van der Waals surface area contributed by atoms with Gasteiger partial charge in [-0.1, -0.05) is 6.42 Å². The predicted molar refractivity (Wildman–Crippen MR) is 58.6 cm³/mol. The third-order valence-electron chi connectivity index (χ3n) is 3.32. The summed E-state index contributed by atoms with van der Waals surface area (Å²) in [6.45, 7) is 2.40. The van der Waals surface area contributed by atoms with Gasteiger partial charge in [-0.05, 0) is 31.4 Å². The Morgan fingerprint density at radius 2 is 2.27 bits per heavy atom. The largest absolute Gasteiger partial charge is 0.329 e. The highest BCUT2D eigenvalue weighted by molar-refractivity contribution is 6.01. The molecule has 0 spiro atoms. The number of aromatic nitrogens is 1. The van der Waals surface area contributed by atoms with E-state index in [-0.39, 0.29) is 11.2 Å². The number of carbonyl (C=O) groups excluding carboxylic acids is 1. The summed E-state index contributed by atoms with van der Waals surface area (Å²) in [5, 5.41) is 0. The van der Waals surface area contributed by atoms with Crippen molar-refractivity contribution in [2.24, 2.45) is 11.1 Å². The van der Waals surface area contributed by atoms with Crippen LogP contribution in [0.4, 0.5) is 0 Å². The van der Waals surface area contributed by atoms with Crippen molar-refractivity contribution in [3.8, 4) is 0 Å². The van der Waals surface area contributed by atoms with Gasteiger partial charge in [-0.3, -0.25) is 9.78 Å². The molecule has 0 radical (unpaired) electrons. The van der Waals surface area contributed by atoms with Crippen molar-refractivity contribution in [1.82, 2.24) is 4.98 Å². The maximum atomic E-state index is 12.2. The van der Waals surface area contributed by atoms with Gasteiger partial charge in [0.2, 0.25) is 0 Å². The van der Waals surface area contributed by atoms with Crippen molar-refractivity contribution in [3.05, 3.63) is 29.6 Å². The number of nitrogens with two attached hydrogens (primary N) is 1. The second-order valence-electron chi connectivity index (χ2n) is 4.42. The van der Waals surface area contributed by atoms with E-state index < -0.39 is 0 Å². The first-order valence-electron chi connectivity index (χ1n) is 5.34. The fourth-order valence-corrected chi connectivity index (χ4v) is 2.11. The molecule has 2 N–H and O–H groups in total. The molecule has 2 rings (SSSR count). The van der Waals surface area contributed by atoms with Crippen LogP contribution in [0.25, 0.3) is 0 Å². The number of hydrogen-bond acceptors (Lipinski definition) is 3. The number of carbonyl (C=O) groups is 1. The zero-order valence-corrected chi connectivity index (χ0v) is 8.99. The van der Waals surface area contributed by atoms with E-state index in [9.17, 15) is 4.79 Å². The molecule has 1 aliphatic rings. The van der Waals surface area contributed by atoms with E-state index in [2.05, 4.69) is 4.98 Å². The van der Waals surface area contributed by atoms with Crippen molar-refractivity contribution in [2.45, 2.75) is 26.2 Å². The Balaban J connectivity index is 2.27. The molecule has 1 heterocycles. The minimum absolute atomic E-state index is 0.174. The predicted octanol–water partition coefficient (Wildman–Crippen LogP) is 1.70. The fourth-order valence-electron chi connectivity index (χ4n) is 2.11. The van der Waals surface area contributed by atoms with Gasteiger partial charge in [0.05, 0.1) is 0 Å². The Morgan fingerprint density at radius 3 is 2.73 bits per heavy atom. The van der Waals surface area contributed by atoms with Crippen LogP contribution in [0.15, 0.2) is 18.5 Å². The zero-order valence-electron chi connectivity index (χ0n) is 8.99. The van der Waals surface area contributed by atoms with Gasteiger partial charge in [0.1, 0.15) is 0 Å².